The summed E-state index contributed by atoms with van der Waals surface area (Å²) in [5.74, 6) is 0.791. The average molecular weight is 436 g/mol. The minimum atomic E-state index is 0. The van der Waals surface area contributed by atoms with Crippen LogP contribution < -0.4 is 20.9 Å². The highest BCUT2D eigenvalue weighted by Gasteiger charge is 2.25. The number of aromatic nitrogens is 2. The van der Waals surface area contributed by atoms with Crippen LogP contribution in [0.15, 0.2) is 59.3 Å². The zero-order valence-electron chi connectivity index (χ0n) is 17.4. The number of ether oxygens (including phenoxy) is 1. The van der Waals surface area contributed by atoms with Crippen LogP contribution in [0.5, 0.6) is 5.75 Å². The van der Waals surface area contributed by atoms with Crippen molar-refractivity contribution in [2.24, 2.45) is 0 Å². The van der Waals surface area contributed by atoms with Crippen LogP contribution in [0, 0.1) is 6.54 Å². The van der Waals surface area contributed by atoms with E-state index in [4.69, 9.17) is 4.74 Å². The molecule has 6 nitrogen and oxygen atoms in total. The van der Waals surface area contributed by atoms with Gasteiger partial charge in [-0.25, -0.2) is 4.98 Å². The van der Waals surface area contributed by atoms with Crippen molar-refractivity contribution < 1.29 is 6.16 Å². The number of dihydropyridines is 1. The highest BCUT2D eigenvalue weighted by Crippen LogP contribution is 2.33. The lowest BCUT2D eigenvalue weighted by Crippen LogP contribution is -2.35. The molecule has 0 fully saturated rings. The Hall–Kier alpha value is -2.90. The maximum absolute atomic E-state index is 13.3. The number of aryl methyl sites for hydroxylation is 1. The van der Waals surface area contributed by atoms with E-state index in [0.29, 0.717) is 12.6 Å². The summed E-state index contributed by atoms with van der Waals surface area (Å²) in [6, 6.07) is 8.23. The van der Waals surface area contributed by atoms with E-state index in [1.54, 1.807) is 29.3 Å². The summed E-state index contributed by atoms with van der Waals surface area (Å²) in [7, 11) is 1.65. The molecule has 2 aromatic heterocycles. The van der Waals surface area contributed by atoms with Crippen molar-refractivity contribution >= 4 is 21.6 Å². The van der Waals surface area contributed by atoms with E-state index < -0.39 is 0 Å². The first-order chi connectivity index (χ1) is 15.2. The molecule has 0 amide bonds. The van der Waals surface area contributed by atoms with Crippen molar-refractivity contribution in [1.82, 2.24) is 20.2 Å². The molecule has 2 aliphatic rings. The van der Waals surface area contributed by atoms with Gasteiger partial charge in [0.05, 0.1) is 31.9 Å². The first-order valence-electron chi connectivity index (χ1n) is 10.5. The van der Waals surface area contributed by atoms with Gasteiger partial charge < -0.3 is 15.4 Å². The maximum atomic E-state index is 13.3. The third kappa shape index (κ3) is 4.16. The fourth-order valence-electron chi connectivity index (χ4n) is 4.26. The third-order valence-corrected chi connectivity index (χ3v) is 7.07. The second kappa shape index (κ2) is 8.69. The fraction of sp³-hybridized carbons (Fsp3) is 0.292. The topological polar surface area (TPSA) is 68.2 Å². The van der Waals surface area contributed by atoms with Crippen molar-refractivity contribution in [2.45, 2.75) is 31.8 Å². The number of nitrogens with one attached hydrogen (secondary N) is 2. The summed E-state index contributed by atoms with van der Waals surface area (Å²) in [4.78, 5) is 20.1. The Bertz CT molecular complexity index is 1230. The van der Waals surface area contributed by atoms with E-state index in [0.717, 1.165) is 47.3 Å². The average Bonchev–Trinajstić information content (AvgIpc) is 3.19. The molecule has 1 aromatic carbocycles. The molecular formula is C24H27N4O2S. The summed E-state index contributed by atoms with van der Waals surface area (Å²) < 4.78 is 7.01. The normalized spacial score (nSPS) is 17.8. The van der Waals surface area contributed by atoms with E-state index in [1.807, 2.05) is 37.0 Å². The molecule has 2 N–H and O–H groups in total. The van der Waals surface area contributed by atoms with Crippen molar-refractivity contribution in [2.75, 3.05) is 13.7 Å². The highest BCUT2D eigenvalue weighted by molar-refractivity contribution is 7.18. The maximum Gasteiger partial charge on any atom is 0.262 e. The Balaban J connectivity index is 0.00000245. The minimum Gasteiger partial charge on any atom is -0.497 e. The quantitative estimate of drug-likeness (QED) is 0.621. The second-order valence-electron chi connectivity index (χ2n) is 7.94. The number of nitrogens with zero attached hydrogens (tertiary/aromatic N) is 2. The van der Waals surface area contributed by atoms with Crippen LogP contribution in [-0.4, -0.2) is 29.2 Å². The molecule has 3 aromatic rings. The van der Waals surface area contributed by atoms with E-state index in [-0.39, 0.29) is 6.99 Å². The van der Waals surface area contributed by atoms with Gasteiger partial charge >= 0.3 is 0 Å². The molecule has 31 heavy (non-hydrogen) atoms. The summed E-state index contributed by atoms with van der Waals surface area (Å²) in [6.07, 6.45) is 10.7. The zero-order valence-corrected chi connectivity index (χ0v) is 18.2. The monoisotopic (exact) mass is 435 g/mol. The molecule has 0 spiro atoms. The summed E-state index contributed by atoms with van der Waals surface area (Å²) >= 11 is 1.67. The van der Waals surface area contributed by atoms with Crippen molar-refractivity contribution in [3.63, 3.8) is 0 Å². The summed E-state index contributed by atoms with van der Waals surface area (Å²) in [5.41, 5.74) is 3.54. The number of benzene rings is 1. The molecule has 0 saturated heterocycles. The van der Waals surface area contributed by atoms with Gasteiger partial charge in [-0.2, -0.15) is 0 Å². The molecule has 1 aliphatic heterocycles. The third-order valence-electron chi connectivity index (χ3n) is 5.90. The summed E-state index contributed by atoms with van der Waals surface area (Å²) in [5, 5.41) is 7.54. The SMILES string of the molecule is COc1cccc(Cn2cnc3sc4c(c3c2=O)CCC(NCC2=C[CH]NC=C2)C4)c1.[HH]. The number of hydrogen-bond acceptors (Lipinski definition) is 6. The molecule has 1 atom stereocenters. The Morgan fingerprint density at radius 2 is 2.35 bits per heavy atom. The van der Waals surface area contributed by atoms with Gasteiger partial charge in [-0.05, 0) is 60.4 Å². The van der Waals surface area contributed by atoms with Crippen molar-refractivity contribution in [1.29, 1.82) is 0 Å². The number of thiophene rings is 1. The van der Waals surface area contributed by atoms with Crippen LogP contribution in [0.2, 0.25) is 0 Å². The minimum absolute atomic E-state index is 0. The van der Waals surface area contributed by atoms with Gasteiger partial charge in [0.25, 0.3) is 5.56 Å². The predicted molar refractivity (Wildman–Crippen MR) is 127 cm³/mol. The second-order valence-corrected chi connectivity index (χ2v) is 9.03. The Morgan fingerprint density at radius 1 is 1.42 bits per heavy atom. The Labute approximate surface area is 186 Å². The molecule has 1 radical (unpaired) electrons. The molecular weight excluding hydrogens is 408 g/mol. The first-order valence-corrected chi connectivity index (χ1v) is 11.3. The van der Waals surface area contributed by atoms with Crippen LogP contribution >= 0.6 is 11.3 Å². The smallest absolute Gasteiger partial charge is 0.262 e. The van der Waals surface area contributed by atoms with Gasteiger partial charge in [0.1, 0.15) is 10.6 Å². The van der Waals surface area contributed by atoms with E-state index in [1.165, 1.54) is 16.0 Å². The van der Waals surface area contributed by atoms with Crippen LogP contribution in [0.3, 0.4) is 0 Å². The summed E-state index contributed by atoms with van der Waals surface area (Å²) in [6.45, 7) is 3.29. The van der Waals surface area contributed by atoms with E-state index in [9.17, 15) is 4.79 Å². The van der Waals surface area contributed by atoms with Crippen molar-refractivity contribution in [3.05, 3.63) is 87.4 Å². The molecule has 3 heterocycles. The van der Waals surface area contributed by atoms with Gasteiger partial charge in [0, 0.05) is 18.9 Å². The zero-order chi connectivity index (χ0) is 21.2. The molecule has 7 heteroatoms. The molecule has 5 rings (SSSR count). The van der Waals surface area contributed by atoms with Crippen LogP contribution in [-0.2, 0) is 19.4 Å². The standard InChI is InChI=1S/C24H25N4O2S.H2/c1-30-19-4-2-3-17(11-19)14-28-15-27-23-22(24(28)29)20-6-5-18(12-21(20)31-23)26-13-16-7-9-25-10-8-16;/h2-4,7-11,15,18,25-26H,5-6,12-14H2,1H3;1H. The number of rotatable bonds is 6. The van der Waals surface area contributed by atoms with Gasteiger partial charge in [0.2, 0.25) is 0 Å². The molecule has 1 aliphatic carbocycles. The van der Waals surface area contributed by atoms with Gasteiger partial charge in [-0.1, -0.05) is 18.2 Å². The lowest BCUT2D eigenvalue weighted by atomic mass is 9.93. The Morgan fingerprint density at radius 3 is 3.19 bits per heavy atom. The largest absolute Gasteiger partial charge is 0.497 e. The van der Waals surface area contributed by atoms with E-state index >= 15 is 0 Å². The highest BCUT2D eigenvalue weighted by atomic mass is 32.1. The lowest BCUT2D eigenvalue weighted by Gasteiger charge is -2.24. The van der Waals surface area contributed by atoms with Crippen LogP contribution in [0.25, 0.3) is 10.2 Å². The predicted octanol–water partition coefficient (Wildman–Crippen LogP) is 3.41. The van der Waals surface area contributed by atoms with E-state index in [2.05, 4.69) is 27.8 Å². The molecule has 161 valence electrons. The first kappa shape index (κ1) is 20.0. The van der Waals surface area contributed by atoms with Gasteiger partial charge in [-0.15, -0.1) is 11.3 Å². The van der Waals surface area contributed by atoms with Gasteiger partial charge in [0.15, 0.2) is 0 Å². The van der Waals surface area contributed by atoms with Crippen LogP contribution in [0.1, 0.15) is 23.9 Å². The molecule has 1 unspecified atom stereocenters. The van der Waals surface area contributed by atoms with Crippen LogP contribution in [0.4, 0.5) is 0 Å². The number of methoxy groups -OCH3 is 1. The molecule has 0 saturated carbocycles. The lowest BCUT2D eigenvalue weighted by molar-refractivity contribution is 0.414. The van der Waals surface area contributed by atoms with Gasteiger partial charge in [-0.3, -0.25) is 9.36 Å². The Kier molecular flexibility index (Phi) is 5.61. The molecule has 0 bridgehead atoms. The fourth-order valence-corrected chi connectivity index (χ4v) is 5.51. The van der Waals surface area contributed by atoms with Crippen molar-refractivity contribution in [3.8, 4) is 5.75 Å². The number of fused-ring (bicyclic) bond motifs is 3. The number of hydrogen-bond donors (Lipinski definition) is 2.